The Morgan fingerprint density at radius 2 is 1.94 bits per heavy atom. The Kier molecular flexibility index (Phi) is 2.94. The first-order chi connectivity index (χ1) is 8.58. The highest BCUT2D eigenvalue weighted by molar-refractivity contribution is 7.95. The summed E-state index contributed by atoms with van der Waals surface area (Å²) in [6.07, 6.45) is 0. The van der Waals surface area contributed by atoms with Crippen LogP contribution in [-0.2, 0) is 9.84 Å². The van der Waals surface area contributed by atoms with Crippen molar-refractivity contribution in [2.24, 2.45) is 0 Å². The SMILES string of the molecule is O=S1(=O)C=C(C2CNC(Cl)CN2)c2ccccc21. The van der Waals surface area contributed by atoms with Crippen LogP contribution >= 0.6 is 11.6 Å². The lowest BCUT2D eigenvalue weighted by molar-refractivity contribution is 0.452. The average Bonchev–Trinajstić information content (AvgIpc) is 2.63. The van der Waals surface area contributed by atoms with Crippen LogP contribution < -0.4 is 10.6 Å². The smallest absolute Gasteiger partial charge is 0.200 e. The Morgan fingerprint density at radius 3 is 2.67 bits per heavy atom. The van der Waals surface area contributed by atoms with Gasteiger partial charge in [-0.15, -0.1) is 11.6 Å². The van der Waals surface area contributed by atoms with E-state index in [0.29, 0.717) is 18.0 Å². The molecule has 0 aromatic heterocycles. The molecule has 2 aliphatic heterocycles. The van der Waals surface area contributed by atoms with Crippen LogP contribution in [0.25, 0.3) is 5.57 Å². The molecule has 0 radical (unpaired) electrons. The van der Waals surface area contributed by atoms with E-state index in [9.17, 15) is 8.42 Å². The number of alkyl halides is 1. The zero-order chi connectivity index (χ0) is 12.8. The highest BCUT2D eigenvalue weighted by atomic mass is 35.5. The third-order valence-electron chi connectivity index (χ3n) is 3.25. The second-order valence-electron chi connectivity index (χ2n) is 4.45. The first kappa shape index (κ1) is 12.2. The molecule has 2 unspecified atom stereocenters. The first-order valence-electron chi connectivity index (χ1n) is 5.75. The Morgan fingerprint density at radius 1 is 1.17 bits per heavy atom. The second-order valence-corrected chi connectivity index (χ2v) is 6.74. The summed E-state index contributed by atoms with van der Waals surface area (Å²) in [6.45, 7) is 1.25. The predicted molar refractivity (Wildman–Crippen MR) is 71.0 cm³/mol. The average molecular weight is 285 g/mol. The third kappa shape index (κ3) is 1.97. The van der Waals surface area contributed by atoms with Crippen molar-refractivity contribution in [3.8, 4) is 0 Å². The summed E-state index contributed by atoms with van der Waals surface area (Å²) in [5.74, 6) is 0. The van der Waals surface area contributed by atoms with Crippen LogP contribution in [0, 0.1) is 0 Å². The molecule has 0 aliphatic carbocycles. The Bertz CT molecular complexity index is 604. The maximum Gasteiger partial charge on any atom is 0.200 e. The summed E-state index contributed by atoms with van der Waals surface area (Å²) in [6, 6.07) is 7.08. The number of fused-ring (bicyclic) bond motifs is 1. The van der Waals surface area contributed by atoms with E-state index in [1.54, 1.807) is 12.1 Å². The molecule has 2 aliphatic rings. The molecule has 1 saturated heterocycles. The molecule has 0 bridgehead atoms. The Hall–Kier alpha value is -0.880. The zero-order valence-corrected chi connectivity index (χ0v) is 11.1. The molecule has 6 heteroatoms. The lowest BCUT2D eigenvalue weighted by atomic mass is 9.99. The number of rotatable bonds is 1. The van der Waals surface area contributed by atoms with E-state index in [2.05, 4.69) is 10.6 Å². The van der Waals surface area contributed by atoms with Gasteiger partial charge in [-0.1, -0.05) is 18.2 Å². The topological polar surface area (TPSA) is 58.2 Å². The van der Waals surface area contributed by atoms with Gasteiger partial charge in [0.1, 0.15) is 0 Å². The summed E-state index contributed by atoms with van der Waals surface area (Å²) >= 11 is 5.93. The van der Waals surface area contributed by atoms with Gasteiger partial charge in [0.2, 0.25) is 9.84 Å². The Balaban J connectivity index is 1.99. The standard InChI is InChI=1S/C12H13ClN2O2S/c13-12-6-14-10(5-15-12)9-7-18(16,17)11-4-2-1-3-8(9)11/h1-4,7,10,12,14-15H,5-6H2. The number of halogens is 1. The summed E-state index contributed by atoms with van der Waals surface area (Å²) < 4.78 is 24.0. The van der Waals surface area contributed by atoms with Crippen LogP contribution in [0.4, 0.5) is 0 Å². The van der Waals surface area contributed by atoms with E-state index in [1.807, 2.05) is 12.1 Å². The normalized spacial score (nSPS) is 29.7. The minimum atomic E-state index is -3.28. The molecule has 1 fully saturated rings. The summed E-state index contributed by atoms with van der Waals surface area (Å²) in [5.41, 5.74) is 1.52. The van der Waals surface area contributed by atoms with Gasteiger partial charge in [-0.05, 0) is 17.2 Å². The lowest BCUT2D eigenvalue weighted by Gasteiger charge is -2.29. The molecule has 2 heterocycles. The molecule has 0 amide bonds. The van der Waals surface area contributed by atoms with Crippen LogP contribution in [-0.4, -0.2) is 33.1 Å². The van der Waals surface area contributed by atoms with Crippen molar-refractivity contribution in [3.05, 3.63) is 35.2 Å². The molecule has 3 rings (SSSR count). The monoisotopic (exact) mass is 284 g/mol. The number of nitrogens with one attached hydrogen (secondary N) is 2. The molecule has 2 N–H and O–H groups in total. The molecular formula is C12H13ClN2O2S. The van der Waals surface area contributed by atoms with Gasteiger partial charge in [0.05, 0.1) is 10.4 Å². The number of hydrogen-bond donors (Lipinski definition) is 2. The van der Waals surface area contributed by atoms with E-state index < -0.39 is 9.84 Å². The Labute approximate surface area is 111 Å². The largest absolute Gasteiger partial charge is 0.306 e. The molecule has 1 aromatic rings. The van der Waals surface area contributed by atoms with E-state index in [-0.39, 0.29) is 11.5 Å². The number of hydrogen-bond acceptors (Lipinski definition) is 4. The van der Waals surface area contributed by atoms with Gasteiger partial charge in [-0.25, -0.2) is 8.42 Å². The highest BCUT2D eigenvalue weighted by Gasteiger charge is 2.32. The summed E-state index contributed by atoms with van der Waals surface area (Å²) in [4.78, 5) is 0.398. The van der Waals surface area contributed by atoms with Crippen molar-refractivity contribution in [3.63, 3.8) is 0 Å². The van der Waals surface area contributed by atoms with Crippen molar-refractivity contribution in [2.75, 3.05) is 13.1 Å². The lowest BCUT2D eigenvalue weighted by Crippen LogP contribution is -2.52. The third-order valence-corrected chi connectivity index (χ3v) is 5.09. The quantitative estimate of drug-likeness (QED) is 0.595. The van der Waals surface area contributed by atoms with E-state index >= 15 is 0 Å². The van der Waals surface area contributed by atoms with Gasteiger partial charge < -0.3 is 5.32 Å². The van der Waals surface area contributed by atoms with Crippen LogP contribution in [0.3, 0.4) is 0 Å². The molecule has 1 aromatic carbocycles. The maximum atomic E-state index is 12.0. The molecular weight excluding hydrogens is 272 g/mol. The van der Waals surface area contributed by atoms with E-state index in [1.165, 1.54) is 5.41 Å². The van der Waals surface area contributed by atoms with Crippen molar-refractivity contribution < 1.29 is 8.42 Å². The number of sulfone groups is 1. The van der Waals surface area contributed by atoms with Crippen LogP contribution in [0.1, 0.15) is 5.56 Å². The second kappa shape index (κ2) is 4.35. The van der Waals surface area contributed by atoms with E-state index in [4.69, 9.17) is 11.6 Å². The van der Waals surface area contributed by atoms with Crippen molar-refractivity contribution >= 4 is 27.0 Å². The number of benzene rings is 1. The van der Waals surface area contributed by atoms with Gasteiger partial charge in [-0.3, -0.25) is 5.32 Å². The fraction of sp³-hybridized carbons (Fsp3) is 0.333. The van der Waals surface area contributed by atoms with Gasteiger partial charge in [0, 0.05) is 24.5 Å². The fourth-order valence-corrected chi connectivity index (χ4v) is 4.06. The highest BCUT2D eigenvalue weighted by Crippen LogP contribution is 2.35. The summed E-state index contributed by atoms with van der Waals surface area (Å²) in [7, 11) is -3.28. The molecule has 2 atom stereocenters. The summed E-state index contributed by atoms with van der Waals surface area (Å²) in [5, 5.41) is 7.76. The van der Waals surface area contributed by atoms with Crippen LogP contribution in [0.15, 0.2) is 34.6 Å². The minimum absolute atomic E-state index is 0.0153. The first-order valence-corrected chi connectivity index (χ1v) is 7.73. The van der Waals surface area contributed by atoms with Crippen molar-refractivity contribution in [2.45, 2.75) is 16.4 Å². The fourth-order valence-electron chi connectivity index (χ4n) is 2.37. The predicted octanol–water partition coefficient (Wildman–Crippen LogP) is 0.941. The molecule has 0 spiro atoms. The van der Waals surface area contributed by atoms with E-state index in [0.717, 1.165) is 11.1 Å². The number of piperazine rings is 1. The van der Waals surface area contributed by atoms with Gasteiger partial charge in [-0.2, -0.15) is 0 Å². The van der Waals surface area contributed by atoms with Crippen LogP contribution in [0.5, 0.6) is 0 Å². The molecule has 96 valence electrons. The zero-order valence-electron chi connectivity index (χ0n) is 9.56. The minimum Gasteiger partial charge on any atom is -0.306 e. The van der Waals surface area contributed by atoms with Gasteiger partial charge >= 0.3 is 0 Å². The van der Waals surface area contributed by atoms with Crippen molar-refractivity contribution in [1.29, 1.82) is 0 Å². The van der Waals surface area contributed by atoms with Gasteiger partial charge in [0.15, 0.2) is 0 Å². The molecule has 4 nitrogen and oxygen atoms in total. The maximum absolute atomic E-state index is 12.0. The van der Waals surface area contributed by atoms with Gasteiger partial charge in [0.25, 0.3) is 0 Å². The molecule has 18 heavy (non-hydrogen) atoms. The van der Waals surface area contributed by atoms with Crippen LogP contribution in [0.2, 0.25) is 0 Å². The van der Waals surface area contributed by atoms with Crippen molar-refractivity contribution in [1.82, 2.24) is 10.6 Å². The molecule has 0 saturated carbocycles.